The number of aliphatic hydroxyl groups is 3. The maximum absolute atomic E-state index is 9.78. The first-order valence-corrected chi connectivity index (χ1v) is 6.64. The van der Waals surface area contributed by atoms with E-state index in [1.165, 1.54) is 0 Å². The van der Waals surface area contributed by atoms with Crippen molar-refractivity contribution in [1.29, 1.82) is 0 Å². The Kier molecular flexibility index (Phi) is 5.14. The van der Waals surface area contributed by atoms with Crippen molar-refractivity contribution in [2.75, 3.05) is 0 Å². The number of hydrogen-bond acceptors (Lipinski definition) is 3. The molecule has 0 bridgehead atoms. The van der Waals surface area contributed by atoms with Crippen molar-refractivity contribution >= 4 is 0 Å². The maximum atomic E-state index is 9.78. The molecule has 104 valence electrons. The van der Waals surface area contributed by atoms with E-state index < -0.39 is 11.7 Å². The van der Waals surface area contributed by atoms with Gasteiger partial charge in [-0.1, -0.05) is 23.8 Å². The summed E-state index contributed by atoms with van der Waals surface area (Å²) in [6.45, 7) is 9.27. The average Bonchev–Trinajstić information content (AvgIpc) is 2.27. The minimum atomic E-state index is -1.08. The molecule has 0 aromatic rings. The fraction of sp³-hybridized carbons (Fsp3) is 0.733. The molecule has 0 amide bonds. The van der Waals surface area contributed by atoms with Crippen molar-refractivity contribution in [3.8, 4) is 0 Å². The van der Waals surface area contributed by atoms with Gasteiger partial charge in [0, 0.05) is 5.92 Å². The zero-order valence-corrected chi connectivity index (χ0v) is 11.7. The lowest BCUT2D eigenvalue weighted by Crippen LogP contribution is -2.35. The van der Waals surface area contributed by atoms with Gasteiger partial charge in [-0.2, -0.15) is 0 Å². The predicted molar refractivity (Wildman–Crippen MR) is 73.2 cm³/mol. The fourth-order valence-electron chi connectivity index (χ4n) is 2.32. The molecule has 0 aromatic heterocycles. The lowest BCUT2D eigenvalue weighted by Gasteiger charge is -2.30. The highest BCUT2D eigenvalue weighted by Crippen LogP contribution is 2.33. The van der Waals surface area contributed by atoms with Gasteiger partial charge >= 0.3 is 0 Å². The predicted octanol–water partition coefficient (Wildman–Crippen LogP) is 2.17. The Hall–Kier alpha value is -0.640. The first-order chi connectivity index (χ1) is 8.21. The Labute approximate surface area is 110 Å². The largest absolute Gasteiger partial charge is 0.393 e. The maximum Gasteiger partial charge on any atom is 0.0856 e. The van der Waals surface area contributed by atoms with E-state index in [0.29, 0.717) is 6.42 Å². The number of hydrogen-bond donors (Lipinski definition) is 3. The molecule has 1 fully saturated rings. The van der Waals surface area contributed by atoms with Crippen LogP contribution >= 0.6 is 0 Å². The smallest absolute Gasteiger partial charge is 0.0856 e. The van der Waals surface area contributed by atoms with E-state index in [9.17, 15) is 15.3 Å². The third-order valence-electron chi connectivity index (χ3n) is 3.83. The Morgan fingerprint density at radius 1 is 1.56 bits per heavy atom. The first-order valence-electron chi connectivity index (χ1n) is 6.64. The molecule has 3 nitrogen and oxygen atoms in total. The molecule has 0 saturated heterocycles. The van der Waals surface area contributed by atoms with Crippen molar-refractivity contribution in [1.82, 2.24) is 0 Å². The molecule has 18 heavy (non-hydrogen) atoms. The zero-order chi connectivity index (χ0) is 13.9. The van der Waals surface area contributed by atoms with Gasteiger partial charge in [-0.25, -0.2) is 0 Å². The molecule has 0 unspecified atom stereocenters. The van der Waals surface area contributed by atoms with Crippen LogP contribution in [0, 0.1) is 5.92 Å². The average molecular weight is 254 g/mol. The van der Waals surface area contributed by atoms with E-state index in [1.54, 1.807) is 13.8 Å². The standard InChI is InChI=1S/C15H26O3/c1-10-5-7-12(16)9-13(10)11(2)6-8-14(17)15(3,4)18/h6,12-14,16-18H,1,5,7-9H2,2-4H3/b11-6+/t12-,13-,14+/m0/s1. The molecule has 1 rings (SSSR count). The summed E-state index contributed by atoms with van der Waals surface area (Å²) < 4.78 is 0. The van der Waals surface area contributed by atoms with Crippen LogP contribution in [0.3, 0.4) is 0 Å². The normalized spacial score (nSPS) is 28.3. The van der Waals surface area contributed by atoms with E-state index in [4.69, 9.17) is 0 Å². The van der Waals surface area contributed by atoms with Gasteiger partial charge in [0.15, 0.2) is 0 Å². The van der Waals surface area contributed by atoms with Crippen LogP contribution in [0.2, 0.25) is 0 Å². The highest BCUT2D eigenvalue weighted by atomic mass is 16.3. The Morgan fingerprint density at radius 3 is 2.72 bits per heavy atom. The molecule has 0 radical (unpaired) electrons. The molecular formula is C15H26O3. The van der Waals surface area contributed by atoms with Crippen molar-refractivity contribution < 1.29 is 15.3 Å². The Balaban J connectivity index is 2.62. The second-order valence-corrected chi connectivity index (χ2v) is 5.99. The molecular weight excluding hydrogens is 228 g/mol. The van der Waals surface area contributed by atoms with Crippen molar-refractivity contribution in [3.05, 3.63) is 23.8 Å². The number of aliphatic hydroxyl groups excluding tert-OH is 2. The summed E-state index contributed by atoms with van der Waals surface area (Å²) in [5.74, 6) is 0.211. The van der Waals surface area contributed by atoms with Gasteiger partial charge in [0.2, 0.25) is 0 Å². The van der Waals surface area contributed by atoms with Crippen molar-refractivity contribution in [2.45, 2.75) is 64.3 Å². The molecule has 0 spiro atoms. The third kappa shape index (κ3) is 4.23. The minimum absolute atomic E-state index is 0.211. The molecule has 0 heterocycles. The summed E-state index contributed by atoms with van der Waals surface area (Å²) in [5, 5.41) is 29.1. The summed E-state index contributed by atoms with van der Waals surface area (Å²) in [6, 6.07) is 0. The van der Waals surface area contributed by atoms with Crippen LogP contribution in [0.5, 0.6) is 0 Å². The first kappa shape index (κ1) is 15.4. The zero-order valence-electron chi connectivity index (χ0n) is 11.7. The van der Waals surface area contributed by atoms with E-state index in [-0.39, 0.29) is 12.0 Å². The highest BCUT2D eigenvalue weighted by Gasteiger charge is 2.26. The van der Waals surface area contributed by atoms with Gasteiger partial charge in [0.25, 0.3) is 0 Å². The Bertz CT molecular complexity index is 325. The topological polar surface area (TPSA) is 60.7 Å². The van der Waals surface area contributed by atoms with Gasteiger partial charge in [0.05, 0.1) is 17.8 Å². The van der Waals surface area contributed by atoms with Gasteiger partial charge in [0.1, 0.15) is 0 Å². The molecule has 3 atom stereocenters. The molecule has 1 aliphatic carbocycles. The van der Waals surface area contributed by atoms with E-state index in [2.05, 4.69) is 6.58 Å². The molecule has 0 aromatic carbocycles. The molecule has 0 aliphatic heterocycles. The molecule has 1 aliphatic rings. The molecule has 3 heteroatoms. The number of rotatable bonds is 4. The fourth-order valence-corrected chi connectivity index (χ4v) is 2.32. The summed E-state index contributed by atoms with van der Waals surface area (Å²) >= 11 is 0. The van der Waals surface area contributed by atoms with Crippen LogP contribution < -0.4 is 0 Å². The van der Waals surface area contributed by atoms with Crippen LogP contribution in [0.1, 0.15) is 46.5 Å². The third-order valence-corrected chi connectivity index (χ3v) is 3.83. The summed E-state index contributed by atoms with van der Waals surface area (Å²) in [7, 11) is 0. The minimum Gasteiger partial charge on any atom is -0.393 e. The van der Waals surface area contributed by atoms with Gasteiger partial charge in [-0.3, -0.25) is 0 Å². The van der Waals surface area contributed by atoms with Crippen LogP contribution in [-0.4, -0.2) is 33.1 Å². The molecule has 1 saturated carbocycles. The van der Waals surface area contributed by atoms with Gasteiger partial charge in [-0.05, 0) is 46.5 Å². The SMILES string of the molecule is C=C1CC[C@H](O)C[C@@H]1/C(C)=C/C[C@@H](O)C(C)(C)O. The Morgan fingerprint density at radius 2 is 2.17 bits per heavy atom. The number of allylic oxidation sites excluding steroid dienone is 2. The van der Waals surface area contributed by atoms with E-state index >= 15 is 0 Å². The summed E-state index contributed by atoms with van der Waals surface area (Å²) in [4.78, 5) is 0. The molecule has 3 N–H and O–H groups in total. The van der Waals surface area contributed by atoms with Gasteiger partial charge < -0.3 is 15.3 Å². The lowest BCUT2D eigenvalue weighted by atomic mass is 9.79. The van der Waals surface area contributed by atoms with Crippen LogP contribution in [0.15, 0.2) is 23.8 Å². The van der Waals surface area contributed by atoms with Crippen LogP contribution in [0.25, 0.3) is 0 Å². The van der Waals surface area contributed by atoms with Crippen molar-refractivity contribution in [2.24, 2.45) is 5.92 Å². The second-order valence-electron chi connectivity index (χ2n) is 5.99. The highest BCUT2D eigenvalue weighted by molar-refractivity contribution is 5.20. The van der Waals surface area contributed by atoms with Crippen molar-refractivity contribution in [3.63, 3.8) is 0 Å². The summed E-state index contributed by atoms with van der Waals surface area (Å²) in [5.41, 5.74) is 1.20. The lowest BCUT2D eigenvalue weighted by molar-refractivity contribution is -0.0457. The van der Waals surface area contributed by atoms with E-state index in [0.717, 1.165) is 30.4 Å². The van der Waals surface area contributed by atoms with E-state index in [1.807, 2.05) is 13.0 Å². The summed E-state index contributed by atoms with van der Waals surface area (Å²) in [6.07, 6.45) is 3.75. The quantitative estimate of drug-likeness (QED) is 0.674. The monoisotopic (exact) mass is 254 g/mol. The van der Waals surface area contributed by atoms with Crippen LogP contribution in [-0.2, 0) is 0 Å². The van der Waals surface area contributed by atoms with Crippen LogP contribution in [0.4, 0.5) is 0 Å². The second kappa shape index (κ2) is 6.00. The van der Waals surface area contributed by atoms with Gasteiger partial charge in [-0.15, -0.1) is 0 Å².